The van der Waals surface area contributed by atoms with E-state index in [4.69, 9.17) is 4.74 Å². The van der Waals surface area contributed by atoms with Gasteiger partial charge < -0.3 is 4.74 Å². The van der Waals surface area contributed by atoms with E-state index in [1.807, 2.05) is 24.4 Å². The van der Waals surface area contributed by atoms with Gasteiger partial charge in [-0.25, -0.2) is 14.3 Å². The number of H-pyrrole nitrogens is 1. The number of rotatable bonds is 2. The number of esters is 1. The number of nitrogens with one attached hydrogen (secondary N) is 1. The van der Waals surface area contributed by atoms with E-state index < -0.39 is 5.60 Å². The number of carbonyl (C=O) groups excluding carboxylic acids is 1. The number of aromatic amines is 1. The highest BCUT2D eigenvalue weighted by atomic mass is 16.6. The Morgan fingerprint density at radius 3 is 2.76 bits per heavy atom. The van der Waals surface area contributed by atoms with Gasteiger partial charge >= 0.3 is 5.97 Å². The van der Waals surface area contributed by atoms with Gasteiger partial charge in [0.1, 0.15) is 5.60 Å². The maximum absolute atomic E-state index is 12.3. The normalized spacial score (nSPS) is 23.4. The van der Waals surface area contributed by atoms with Crippen molar-refractivity contribution in [1.82, 2.24) is 19.6 Å². The highest BCUT2D eigenvalue weighted by Crippen LogP contribution is 2.49. The number of imidazole rings is 1. The van der Waals surface area contributed by atoms with Crippen LogP contribution in [0, 0.1) is 0 Å². The average Bonchev–Trinajstić information content (AvgIpc) is 3.43. The van der Waals surface area contributed by atoms with E-state index in [9.17, 15) is 4.79 Å². The number of ether oxygens (including phenoxy) is 1. The molecule has 3 aromatic heterocycles. The van der Waals surface area contributed by atoms with Crippen LogP contribution in [0.25, 0.3) is 16.9 Å². The monoisotopic (exact) mass is 384 g/mol. The molecule has 4 aromatic rings. The minimum atomic E-state index is -0.508. The number of fused-ring (bicyclic) bond motifs is 3. The number of nitrogens with zero attached hydrogens (tertiary/aromatic N) is 3. The first kappa shape index (κ1) is 16.5. The molecule has 29 heavy (non-hydrogen) atoms. The van der Waals surface area contributed by atoms with Crippen LogP contribution in [0.1, 0.15) is 53.2 Å². The van der Waals surface area contributed by atoms with E-state index in [1.54, 1.807) is 18.5 Å². The van der Waals surface area contributed by atoms with Crippen LogP contribution in [0.5, 0.6) is 0 Å². The van der Waals surface area contributed by atoms with Crippen LogP contribution in [-0.4, -0.2) is 25.6 Å². The minimum absolute atomic E-state index is 0.218. The first-order chi connectivity index (χ1) is 14.2. The molecule has 6 nitrogen and oxygen atoms in total. The number of aromatic nitrogens is 4. The van der Waals surface area contributed by atoms with Crippen molar-refractivity contribution in [3.8, 4) is 11.3 Å². The fourth-order valence-corrected chi connectivity index (χ4v) is 4.91. The summed E-state index contributed by atoms with van der Waals surface area (Å²) < 4.78 is 7.96. The second-order valence-electron chi connectivity index (χ2n) is 7.99. The zero-order valence-corrected chi connectivity index (χ0v) is 15.8. The van der Waals surface area contributed by atoms with Crippen LogP contribution < -0.4 is 0 Å². The van der Waals surface area contributed by atoms with E-state index in [0.29, 0.717) is 11.5 Å². The van der Waals surface area contributed by atoms with Gasteiger partial charge in [0.2, 0.25) is 0 Å². The van der Waals surface area contributed by atoms with Gasteiger partial charge in [0.25, 0.3) is 0 Å². The third kappa shape index (κ3) is 2.45. The highest BCUT2D eigenvalue weighted by molar-refractivity contribution is 5.94. The zero-order valence-electron chi connectivity index (χ0n) is 15.8. The SMILES string of the molecule is O=C1OC2(CCC(c3cnc4cc(-c5ccccc5)[nH]n34)CC2)c2cnccc21. The van der Waals surface area contributed by atoms with Gasteiger partial charge in [-0.1, -0.05) is 30.3 Å². The van der Waals surface area contributed by atoms with Crippen LogP contribution >= 0.6 is 0 Å². The molecule has 144 valence electrons. The van der Waals surface area contributed by atoms with E-state index in [1.165, 1.54) is 5.69 Å². The summed E-state index contributed by atoms with van der Waals surface area (Å²) in [5, 5.41) is 3.50. The molecule has 1 aliphatic heterocycles. The first-order valence-corrected chi connectivity index (χ1v) is 10.0. The second kappa shape index (κ2) is 6.04. The molecule has 1 aromatic carbocycles. The fraction of sp³-hybridized carbons (Fsp3) is 0.261. The van der Waals surface area contributed by atoms with Crippen molar-refractivity contribution in [2.75, 3.05) is 0 Å². The van der Waals surface area contributed by atoms with Gasteiger partial charge in [-0.15, -0.1) is 0 Å². The molecule has 4 heterocycles. The first-order valence-electron chi connectivity index (χ1n) is 10.0. The van der Waals surface area contributed by atoms with Crippen LogP contribution in [0.15, 0.2) is 61.1 Å². The quantitative estimate of drug-likeness (QED) is 0.518. The molecule has 2 aliphatic rings. The van der Waals surface area contributed by atoms with Crippen molar-refractivity contribution in [2.24, 2.45) is 0 Å². The summed E-state index contributed by atoms with van der Waals surface area (Å²) in [7, 11) is 0. The van der Waals surface area contributed by atoms with E-state index in [-0.39, 0.29) is 5.97 Å². The van der Waals surface area contributed by atoms with Crippen LogP contribution in [0.2, 0.25) is 0 Å². The Labute approximate surface area is 167 Å². The molecule has 6 heteroatoms. The van der Waals surface area contributed by atoms with Gasteiger partial charge in [-0.2, -0.15) is 0 Å². The topological polar surface area (TPSA) is 72.3 Å². The summed E-state index contributed by atoms with van der Waals surface area (Å²) in [6.07, 6.45) is 8.92. The Kier molecular flexibility index (Phi) is 3.45. The Bertz CT molecular complexity index is 1220. The lowest BCUT2D eigenvalue weighted by atomic mass is 9.74. The van der Waals surface area contributed by atoms with Crippen molar-refractivity contribution in [2.45, 2.75) is 37.2 Å². The van der Waals surface area contributed by atoms with E-state index >= 15 is 0 Å². The average molecular weight is 384 g/mol. The molecule has 0 atom stereocenters. The van der Waals surface area contributed by atoms with Gasteiger partial charge in [0.05, 0.1) is 23.1 Å². The number of benzene rings is 1. The molecule has 1 aliphatic carbocycles. The molecule has 1 saturated carbocycles. The fourth-order valence-electron chi connectivity index (χ4n) is 4.91. The Morgan fingerprint density at radius 1 is 1.10 bits per heavy atom. The third-order valence-corrected chi connectivity index (χ3v) is 6.44. The van der Waals surface area contributed by atoms with Crippen molar-refractivity contribution in [3.05, 3.63) is 77.9 Å². The highest BCUT2D eigenvalue weighted by Gasteiger charge is 2.48. The largest absolute Gasteiger partial charge is 0.450 e. The van der Waals surface area contributed by atoms with E-state index in [0.717, 1.165) is 48.2 Å². The molecule has 1 N–H and O–H groups in total. The summed E-state index contributed by atoms with van der Waals surface area (Å²) >= 11 is 0. The Morgan fingerprint density at radius 2 is 1.93 bits per heavy atom. The molecule has 6 rings (SSSR count). The van der Waals surface area contributed by atoms with Gasteiger partial charge in [-0.3, -0.25) is 10.1 Å². The Balaban J connectivity index is 1.29. The predicted molar refractivity (Wildman–Crippen MR) is 108 cm³/mol. The molecular weight excluding hydrogens is 364 g/mol. The molecule has 0 amide bonds. The molecule has 0 unspecified atom stereocenters. The maximum atomic E-state index is 12.3. The summed E-state index contributed by atoms with van der Waals surface area (Å²) in [6.45, 7) is 0. The zero-order chi connectivity index (χ0) is 19.4. The van der Waals surface area contributed by atoms with Gasteiger partial charge in [0.15, 0.2) is 5.65 Å². The molecule has 1 spiro atoms. The number of hydrogen-bond acceptors (Lipinski definition) is 4. The lowest BCUT2D eigenvalue weighted by molar-refractivity contribution is -0.0312. The van der Waals surface area contributed by atoms with Gasteiger partial charge in [-0.05, 0) is 37.3 Å². The Hall–Kier alpha value is -3.41. The molecule has 0 bridgehead atoms. The standard InChI is InChI=1S/C23H20N4O2/c28-22-17-8-11-24-13-18(17)23(29-22)9-6-16(7-10-23)20-14-25-21-12-19(26-27(20)21)15-4-2-1-3-5-15/h1-5,8,11-14,16,26H,6-7,9-10H2. The number of pyridine rings is 1. The smallest absolute Gasteiger partial charge is 0.339 e. The van der Waals surface area contributed by atoms with Crippen LogP contribution in [0.3, 0.4) is 0 Å². The summed E-state index contributed by atoms with van der Waals surface area (Å²) in [5.41, 5.74) is 5.44. The number of hydrogen-bond donors (Lipinski definition) is 1. The van der Waals surface area contributed by atoms with Gasteiger partial charge in [0, 0.05) is 29.9 Å². The maximum Gasteiger partial charge on any atom is 0.339 e. The van der Waals surface area contributed by atoms with Crippen LogP contribution in [0.4, 0.5) is 0 Å². The van der Waals surface area contributed by atoms with Crippen molar-refractivity contribution >= 4 is 11.6 Å². The lowest BCUT2D eigenvalue weighted by Crippen LogP contribution is -2.31. The second-order valence-corrected chi connectivity index (χ2v) is 7.99. The minimum Gasteiger partial charge on any atom is -0.450 e. The third-order valence-electron chi connectivity index (χ3n) is 6.44. The predicted octanol–water partition coefficient (Wildman–Crippen LogP) is 4.45. The summed E-state index contributed by atoms with van der Waals surface area (Å²) in [5.74, 6) is 0.154. The molecular formula is C23H20N4O2. The number of carbonyl (C=O) groups is 1. The molecule has 0 saturated heterocycles. The summed E-state index contributed by atoms with van der Waals surface area (Å²) in [6, 6.07) is 14.1. The summed E-state index contributed by atoms with van der Waals surface area (Å²) in [4.78, 5) is 21.1. The van der Waals surface area contributed by atoms with E-state index in [2.05, 4.69) is 37.8 Å². The van der Waals surface area contributed by atoms with Crippen molar-refractivity contribution in [3.63, 3.8) is 0 Å². The lowest BCUT2D eigenvalue weighted by Gasteiger charge is -2.36. The van der Waals surface area contributed by atoms with Crippen molar-refractivity contribution < 1.29 is 9.53 Å². The molecule has 1 fully saturated rings. The van der Waals surface area contributed by atoms with Crippen LogP contribution in [-0.2, 0) is 10.3 Å². The van der Waals surface area contributed by atoms with Crippen molar-refractivity contribution in [1.29, 1.82) is 0 Å². The molecule has 0 radical (unpaired) electrons.